The highest BCUT2D eigenvalue weighted by Crippen LogP contribution is 2.42. The van der Waals surface area contributed by atoms with Gasteiger partial charge in [0.15, 0.2) is 11.5 Å². The highest BCUT2D eigenvalue weighted by Gasteiger charge is 2.51. The Labute approximate surface area is 188 Å². The second kappa shape index (κ2) is 9.58. The van der Waals surface area contributed by atoms with E-state index in [0.29, 0.717) is 25.1 Å². The number of halogens is 3. The van der Waals surface area contributed by atoms with Crippen molar-refractivity contribution in [3.8, 4) is 11.5 Å². The maximum Gasteiger partial charge on any atom is 0.522 e. The van der Waals surface area contributed by atoms with Crippen LogP contribution in [0.2, 0.25) is 0 Å². The molecule has 2 aliphatic rings. The molecule has 2 fully saturated rings. The van der Waals surface area contributed by atoms with E-state index in [1.807, 2.05) is 30.3 Å². The molecule has 2 aliphatic heterocycles. The molecule has 7 nitrogen and oxygen atoms in total. The third-order valence-electron chi connectivity index (χ3n) is 5.81. The summed E-state index contributed by atoms with van der Waals surface area (Å²) < 4.78 is 62.3. The summed E-state index contributed by atoms with van der Waals surface area (Å²) in [6.07, 6.45) is -4.43. The Hall–Kier alpha value is -2.82. The second-order valence-corrected chi connectivity index (χ2v) is 7.68. The lowest BCUT2D eigenvalue weighted by molar-refractivity contribution is -0.325. The number of carbonyl (C=O) groups excluding carboxylic acids is 1. The quantitative estimate of drug-likeness (QED) is 0.579. The molecule has 2 atom stereocenters. The highest BCUT2D eigenvalue weighted by molar-refractivity contribution is 5.95. The van der Waals surface area contributed by atoms with Gasteiger partial charge in [0.1, 0.15) is 25.1 Å². The van der Waals surface area contributed by atoms with E-state index in [9.17, 15) is 18.0 Å². The van der Waals surface area contributed by atoms with Crippen molar-refractivity contribution in [2.75, 3.05) is 40.2 Å². The minimum atomic E-state index is -4.72. The van der Waals surface area contributed by atoms with Crippen molar-refractivity contribution in [2.45, 2.75) is 24.5 Å². The van der Waals surface area contributed by atoms with Crippen LogP contribution in [0.25, 0.3) is 0 Å². The minimum Gasteiger partial charge on any atom is -0.493 e. The van der Waals surface area contributed by atoms with Crippen LogP contribution in [0.1, 0.15) is 22.3 Å². The first kappa shape index (κ1) is 23.3. The second-order valence-electron chi connectivity index (χ2n) is 7.68. The lowest BCUT2D eigenvalue weighted by Gasteiger charge is -2.42. The summed E-state index contributed by atoms with van der Waals surface area (Å²) >= 11 is 0. The van der Waals surface area contributed by atoms with Crippen molar-refractivity contribution in [2.24, 2.45) is 0 Å². The Morgan fingerprint density at radius 2 is 1.94 bits per heavy atom. The molecule has 2 aromatic rings. The Kier molecular flexibility index (Phi) is 6.78. The molecular formula is C23H24F3NO6. The molecule has 2 aromatic carbocycles. The van der Waals surface area contributed by atoms with E-state index in [0.717, 1.165) is 5.56 Å². The van der Waals surface area contributed by atoms with Crippen LogP contribution in [0.5, 0.6) is 11.5 Å². The maximum atomic E-state index is 13.2. The number of hydrogen-bond acceptors (Lipinski definition) is 6. The molecule has 4 rings (SSSR count). The van der Waals surface area contributed by atoms with Crippen molar-refractivity contribution in [1.29, 1.82) is 0 Å². The number of hydrogen-bond donors (Lipinski definition) is 0. The van der Waals surface area contributed by atoms with E-state index in [2.05, 4.69) is 4.74 Å². The smallest absolute Gasteiger partial charge is 0.493 e. The summed E-state index contributed by atoms with van der Waals surface area (Å²) in [5.41, 5.74) is 0.820. The van der Waals surface area contributed by atoms with Gasteiger partial charge in [-0.25, -0.2) is 0 Å². The molecule has 0 bridgehead atoms. The number of nitrogens with zero attached hydrogens (tertiary/aromatic N) is 1. The Morgan fingerprint density at radius 1 is 1.15 bits per heavy atom. The van der Waals surface area contributed by atoms with Gasteiger partial charge in [0.05, 0.1) is 20.3 Å². The number of methoxy groups -OCH3 is 1. The SMILES string of the molecule is COc1cc(C(=O)N2CC[C@]3(c4ccccc4)OCOC3C2)ccc1OCCOC(F)(F)F. The molecule has 0 spiro atoms. The van der Waals surface area contributed by atoms with Crippen LogP contribution >= 0.6 is 0 Å². The fraction of sp³-hybridized carbons (Fsp3) is 0.435. The summed E-state index contributed by atoms with van der Waals surface area (Å²) in [5.74, 6) is 0.246. The van der Waals surface area contributed by atoms with Crippen LogP contribution in [0, 0.1) is 0 Å². The van der Waals surface area contributed by atoms with E-state index in [-0.39, 0.29) is 36.9 Å². The standard InChI is InChI=1S/C23H24F3NO6/c1-29-19-13-16(7-8-18(19)30-11-12-32-23(24,25)26)21(28)27-10-9-22(17-5-3-2-4-6-17)20(14-27)31-15-33-22/h2-8,13,20H,9-12,14-15H2,1H3/t20?,22-/m1/s1. The number of fused-ring (bicyclic) bond motifs is 1. The molecule has 0 N–H and O–H groups in total. The molecule has 10 heteroatoms. The normalized spacial score (nSPS) is 22.7. The molecule has 0 radical (unpaired) electrons. The summed E-state index contributed by atoms with van der Waals surface area (Å²) in [6, 6.07) is 14.4. The molecule has 178 valence electrons. The van der Waals surface area contributed by atoms with E-state index >= 15 is 0 Å². The molecule has 1 unspecified atom stereocenters. The molecule has 0 saturated carbocycles. The van der Waals surface area contributed by atoms with Gasteiger partial charge in [0, 0.05) is 18.5 Å². The summed E-state index contributed by atoms with van der Waals surface area (Å²) in [4.78, 5) is 14.9. The number of amides is 1. The fourth-order valence-electron chi connectivity index (χ4n) is 4.20. The Bertz CT molecular complexity index is 970. The lowest BCUT2D eigenvalue weighted by atomic mass is 9.82. The van der Waals surface area contributed by atoms with Gasteiger partial charge in [-0.2, -0.15) is 0 Å². The monoisotopic (exact) mass is 467 g/mol. The summed E-state index contributed by atoms with van der Waals surface area (Å²) in [6.45, 7) is 0.0229. The number of likely N-dealkylation sites (tertiary alicyclic amines) is 1. The predicted molar refractivity (Wildman–Crippen MR) is 110 cm³/mol. The van der Waals surface area contributed by atoms with Crippen LogP contribution in [-0.2, 0) is 19.8 Å². The molecule has 33 heavy (non-hydrogen) atoms. The van der Waals surface area contributed by atoms with Gasteiger partial charge in [-0.05, 0) is 23.8 Å². The average Bonchev–Trinajstić information content (AvgIpc) is 3.26. The first-order valence-corrected chi connectivity index (χ1v) is 10.4. The van der Waals surface area contributed by atoms with Gasteiger partial charge < -0.3 is 23.8 Å². The summed E-state index contributed by atoms with van der Waals surface area (Å²) in [7, 11) is 1.39. The molecule has 0 aromatic heterocycles. The predicted octanol–water partition coefficient (Wildman–Crippen LogP) is 3.72. The summed E-state index contributed by atoms with van der Waals surface area (Å²) in [5, 5.41) is 0. The zero-order valence-corrected chi connectivity index (χ0v) is 18.0. The number of benzene rings is 2. The van der Waals surface area contributed by atoms with E-state index in [4.69, 9.17) is 18.9 Å². The van der Waals surface area contributed by atoms with E-state index in [1.165, 1.54) is 19.2 Å². The van der Waals surface area contributed by atoms with Crippen LogP contribution in [0.3, 0.4) is 0 Å². The molecule has 0 aliphatic carbocycles. The first-order chi connectivity index (χ1) is 15.8. The Balaban J connectivity index is 1.42. The van der Waals surface area contributed by atoms with Gasteiger partial charge in [-0.1, -0.05) is 30.3 Å². The fourth-order valence-corrected chi connectivity index (χ4v) is 4.20. The molecule has 1 amide bonds. The Morgan fingerprint density at radius 3 is 2.67 bits per heavy atom. The van der Waals surface area contributed by atoms with Gasteiger partial charge in [-0.15, -0.1) is 13.2 Å². The number of piperidine rings is 1. The van der Waals surface area contributed by atoms with Crippen LogP contribution in [-0.4, -0.2) is 63.5 Å². The third-order valence-corrected chi connectivity index (χ3v) is 5.81. The van der Waals surface area contributed by atoms with Gasteiger partial charge in [0.25, 0.3) is 5.91 Å². The van der Waals surface area contributed by atoms with Crippen LogP contribution in [0.15, 0.2) is 48.5 Å². The zero-order valence-electron chi connectivity index (χ0n) is 18.0. The number of carbonyl (C=O) groups is 1. The first-order valence-electron chi connectivity index (χ1n) is 10.4. The number of alkyl halides is 3. The van der Waals surface area contributed by atoms with Crippen LogP contribution in [0.4, 0.5) is 13.2 Å². The van der Waals surface area contributed by atoms with Crippen molar-refractivity contribution in [3.05, 3.63) is 59.7 Å². The third kappa shape index (κ3) is 5.07. The average molecular weight is 467 g/mol. The van der Waals surface area contributed by atoms with Crippen molar-refractivity contribution >= 4 is 5.91 Å². The number of ether oxygens (including phenoxy) is 5. The van der Waals surface area contributed by atoms with Crippen LogP contribution < -0.4 is 9.47 Å². The largest absolute Gasteiger partial charge is 0.522 e. The number of rotatable bonds is 7. The minimum absolute atomic E-state index is 0.166. The van der Waals surface area contributed by atoms with Crippen molar-refractivity contribution in [1.82, 2.24) is 4.90 Å². The van der Waals surface area contributed by atoms with Crippen molar-refractivity contribution < 1.29 is 41.7 Å². The van der Waals surface area contributed by atoms with Gasteiger partial charge in [-0.3, -0.25) is 9.53 Å². The highest BCUT2D eigenvalue weighted by atomic mass is 19.4. The topological polar surface area (TPSA) is 66.5 Å². The zero-order chi connectivity index (χ0) is 23.5. The van der Waals surface area contributed by atoms with E-state index < -0.39 is 18.6 Å². The molecule has 2 saturated heterocycles. The lowest BCUT2D eigenvalue weighted by Crippen LogP contribution is -2.53. The molecule has 2 heterocycles. The van der Waals surface area contributed by atoms with Gasteiger partial charge in [0.2, 0.25) is 0 Å². The van der Waals surface area contributed by atoms with Gasteiger partial charge >= 0.3 is 6.36 Å². The van der Waals surface area contributed by atoms with E-state index in [1.54, 1.807) is 11.0 Å². The van der Waals surface area contributed by atoms with Crippen molar-refractivity contribution in [3.63, 3.8) is 0 Å². The maximum absolute atomic E-state index is 13.2. The molecular weight excluding hydrogens is 443 g/mol.